The summed E-state index contributed by atoms with van der Waals surface area (Å²) >= 11 is 0. The molecule has 0 atom stereocenters. The van der Waals surface area contributed by atoms with Crippen LogP contribution in [0, 0.1) is 0 Å². The van der Waals surface area contributed by atoms with Crippen molar-refractivity contribution in [3.63, 3.8) is 0 Å². The minimum absolute atomic E-state index is 0.276. The molecule has 0 unspecified atom stereocenters. The van der Waals surface area contributed by atoms with Gasteiger partial charge in [-0.3, -0.25) is 9.48 Å². The zero-order valence-corrected chi connectivity index (χ0v) is 16.0. The molecule has 2 heterocycles. The van der Waals surface area contributed by atoms with Crippen LogP contribution in [0.2, 0.25) is 0 Å². The second kappa shape index (κ2) is 8.12. The zero-order chi connectivity index (χ0) is 20.2. The highest BCUT2D eigenvalue weighted by Crippen LogP contribution is 2.32. The number of aryl methyl sites for hydroxylation is 1. The number of fused-ring (bicyclic) bond motifs is 1. The average Bonchev–Trinajstić information content (AvgIpc) is 3.18. The molecule has 1 amide bonds. The topological polar surface area (TPSA) is 95.1 Å². The van der Waals surface area contributed by atoms with Gasteiger partial charge in [-0.05, 0) is 36.4 Å². The molecular weight excluding hydrogens is 366 g/mol. The number of anilines is 1. The van der Waals surface area contributed by atoms with E-state index in [1.807, 2.05) is 55.6 Å². The van der Waals surface area contributed by atoms with Crippen molar-refractivity contribution in [3.05, 3.63) is 72.6 Å². The van der Waals surface area contributed by atoms with E-state index >= 15 is 0 Å². The van der Waals surface area contributed by atoms with Crippen LogP contribution in [0.5, 0.6) is 5.75 Å². The largest absolute Gasteiger partial charge is 0.492 e. The maximum atomic E-state index is 12.7. The van der Waals surface area contributed by atoms with Crippen LogP contribution in [-0.2, 0) is 7.05 Å². The highest BCUT2D eigenvalue weighted by atomic mass is 16.5. The Labute approximate surface area is 168 Å². The van der Waals surface area contributed by atoms with E-state index in [1.165, 1.54) is 0 Å². The van der Waals surface area contributed by atoms with Crippen LogP contribution in [0.4, 0.5) is 5.69 Å². The number of rotatable bonds is 6. The number of nitrogens with two attached hydrogens (primary N) is 1. The third-order valence-corrected chi connectivity index (χ3v) is 4.54. The van der Waals surface area contributed by atoms with E-state index in [1.54, 1.807) is 23.0 Å². The molecule has 0 radical (unpaired) electrons. The average molecular weight is 387 g/mol. The van der Waals surface area contributed by atoms with Gasteiger partial charge >= 0.3 is 0 Å². The van der Waals surface area contributed by atoms with Crippen molar-refractivity contribution in [3.8, 4) is 17.0 Å². The summed E-state index contributed by atoms with van der Waals surface area (Å²) in [6.45, 7) is 0.814. The Morgan fingerprint density at radius 1 is 1.14 bits per heavy atom. The van der Waals surface area contributed by atoms with E-state index in [0.717, 1.165) is 22.2 Å². The summed E-state index contributed by atoms with van der Waals surface area (Å²) in [7, 11) is 1.85. The minimum Gasteiger partial charge on any atom is -0.492 e. The molecule has 0 aliphatic heterocycles. The summed E-state index contributed by atoms with van der Waals surface area (Å²) in [6, 6.07) is 18.7. The molecule has 4 aromatic rings. The number of pyridine rings is 1. The first-order valence-corrected chi connectivity index (χ1v) is 9.28. The highest BCUT2D eigenvalue weighted by molar-refractivity contribution is 6.04. The van der Waals surface area contributed by atoms with Crippen LogP contribution in [-0.4, -0.2) is 33.8 Å². The van der Waals surface area contributed by atoms with Gasteiger partial charge in [-0.2, -0.15) is 5.10 Å². The number of ether oxygens (including phenoxy) is 1. The lowest BCUT2D eigenvalue weighted by atomic mass is 10.1. The molecule has 146 valence electrons. The lowest BCUT2D eigenvalue weighted by molar-refractivity contribution is 0.102. The van der Waals surface area contributed by atoms with Crippen LogP contribution in [0.15, 0.2) is 66.9 Å². The predicted molar refractivity (Wildman–Crippen MR) is 113 cm³/mol. The lowest BCUT2D eigenvalue weighted by Crippen LogP contribution is -2.14. The third-order valence-electron chi connectivity index (χ3n) is 4.54. The molecular formula is C22H21N5O2. The molecule has 0 bridgehead atoms. The van der Waals surface area contributed by atoms with Gasteiger partial charge in [0.2, 0.25) is 0 Å². The van der Waals surface area contributed by atoms with Crippen LogP contribution >= 0.6 is 0 Å². The molecule has 0 saturated heterocycles. The SMILES string of the molecule is Cn1nccc1-c1cc(NC(=O)c2ccc3ccccc3n2)ccc1OCCN. The first kappa shape index (κ1) is 18.6. The Morgan fingerprint density at radius 3 is 2.79 bits per heavy atom. The van der Waals surface area contributed by atoms with Crippen molar-refractivity contribution < 1.29 is 9.53 Å². The molecule has 0 fully saturated rings. The summed E-state index contributed by atoms with van der Waals surface area (Å²) in [5, 5.41) is 8.13. The Kier molecular flexibility index (Phi) is 5.22. The zero-order valence-electron chi connectivity index (χ0n) is 16.0. The van der Waals surface area contributed by atoms with Gasteiger partial charge in [0.15, 0.2) is 0 Å². The fraction of sp³-hybridized carbons (Fsp3) is 0.136. The Hall–Kier alpha value is -3.71. The number of carbonyl (C=O) groups excluding carboxylic acids is 1. The number of aromatic nitrogens is 3. The highest BCUT2D eigenvalue weighted by Gasteiger charge is 2.14. The molecule has 3 N–H and O–H groups in total. The number of carbonyl (C=O) groups is 1. The fourth-order valence-corrected chi connectivity index (χ4v) is 3.13. The van der Waals surface area contributed by atoms with Crippen molar-refractivity contribution >= 4 is 22.5 Å². The summed E-state index contributed by atoms with van der Waals surface area (Å²) in [6.07, 6.45) is 1.71. The van der Waals surface area contributed by atoms with Gasteiger partial charge in [-0.1, -0.05) is 24.3 Å². The number of nitrogens with zero attached hydrogens (tertiary/aromatic N) is 3. The maximum absolute atomic E-state index is 12.7. The summed E-state index contributed by atoms with van der Waals surface area (Å²) in [5.41, 5.74) is 9.04. The first-order valence-electron chi connectivity index (χ1n) is 9.28. The van der Waals surface area contributed by atoms with Gasteiger partial charge in [-0.15, -0.1) is 0 Å². The van der Waals surface area contributed by atoms with Gasteiger partial charge < -0.3 is 15.8 Å². The van der Waals surface area contributed by atoms with Gasteiger partial charge in [0, 0.05) is 36.4 Å². The van der Waals surface area contributed by atoms with Crippen LogP contribution < -0.4 is 15.8 Å². The molecule has 2 aromatic carbocycles. The minimum atomic E-state index is -0.276. The Bertz CT molecular complexity index is 1170. The summed E-state index contributed by atoms with van der Waals surface area (Å²) in [5.74, 6) is 0.406. The Balaban J connectivity index is 1.64. The molecule has 7 nitrogen and oxygen atoms in total. The van der Waals surface area contributed by atoms with Gasteiger partial charge in [0.05, 0.1) is 11.2 Å². The Morgan fingerprint density at radius 2 is 2.00 bits per heavy atom. The normalized spacial score (nSPS) is 10.8. The number of nitrogens with one attached hydrogen (secondary N) is 1. The van der Waals surface area contributed by atoms with E-state index in [4.69, 9.17) is 10.5 Å². The molecule has 0 aliphatic rings. The van der Waals surface area contributed by atoms with Gasteiger partial charge in [0.25, 0.3) is 5.91 Å². The molecule has 7 heteroatoms. The predicted octanol–water partition coefficient (Wildman–Crippen LogP) is 3.23. The maximum Gasteiger partial charge on any atom is 0.274 e. The molecule has 29 heavy (non-hydrogen) atoms. The standard InChI is InChI=1S/C22H21N5O2/c1-27-20(10-12-24-27)17-14-16(7-9-21(17)29-13-11-23)25-22(28)19-8-6-15-4-2-3-5-18(15)26-19/h2-10,12,14H,11,13,23H2,1H3,(H,25,28). The fourth-order valence-electron chi connectivity index (χ4n) is 3.13. The third kappa shape index (κ3) is 3.95. The smallest absolute Gasteiger partial charge is 0.274 e. The van der Waals surface area contributed by atoms with Crippen LogP contribution in [0.3, 0.4) is 0 Å². The second-order valence-corrected chi connectivity index (χ2v) is 6.53. The van der Waals surface area contributed by atoms with E-state index < -0.39 is 0 Å². The van der Waals surface area contributed by atoms with Gasteiger partial charge in [0.1, 0.15) is 18.1 Å². The van der Waals surface area contributed by atoms with E-state index in [2.05, 4.69) is 15.4 Å². The quantitative estimate of drug-likeness (QED) is 0.530. The summed E-state index contributed by atoms with van der Waals surface area (Å²) < 4.78 is 7.52. The first-order chi connectivity index (χ1) is 14.2. The molecule has 0 spiro atoms. The number of amides is 1. The van der Waals surface area contributed by atoms with Crippen molar-refractivity contribution in [2.24, 2.45) is 12.8 Å². The van der Waals surface area contributed by atoms with Crippen molar-refractivity contribution in [1.29, 1.82) is 0 Å². The van der Waals surface area contributed by atoms with Gasteiger partial charge in [-0.25, -0.2) is 4.98 Å². The summed E-state index contributed by atoms with van der Waals surface area (Å²) in [4.78, 5) is 17.2. The molecule has 4 rings (SSSR count). The van der Waals surface area contributed by atoms with Crippen LogP contribution in [0.25, 0.3) is 22.2 Å². The van der Waals surface area contributed by atoms with Crippen LogP contribution in [0.1, 0.15) is 10.5 Å². The van der Waals surface area contributed by atoms with E-state index in [0.29, 0.717) is 30.3 Å². The number of para-hydroxylation sites is 1. The lowest BCUT2D eigenvalue weighted by Gasteiger charge is -2.14. The van der Waals surface area contributed by atoms with Crippen molar-refractivity contribution in [2.75, 3.05) is 18.5 Å². The number of hydrogen-bond acceptors (Lipinski definition) is 5. The molecule has 0 saturated carbocycles. The van der Waals surface area contributed by atoms with E-state index in [-0.39, 0.29) is 5.91 Å². The molecule has 0 aliphatic carbocycles. The molecule has 2 aromatic heterocycles. The van der Waals surface area contributed by atoms with E-state index in [9.17, 15) is 4.79 Å². The monoisotopic (exact) mass is 387 g/mol. The number of hydrogen-bond donors (Lipinski definition) is 2. The van der Waals surface area contributed by atoms with Crippen molar-refractivity contribution in [1.82, 2.24) is 14.8 Å². The van der Waals surface area contributed by atoms with Crippen molar-refractivity contribution in [2.45, 2.75) is 0 Å². The number of benzene rings is 2. The second-order valence-electron chi connectivity index (χ2n) is 6.53.